The van der Waals surface area contributed by atoms with Crippen molar-refractivity contribution in [2.75, 3.05) is 10.6 Å². The van der Waals surface area contributed by atoms with Crippen LogP contribution in [0.2, 0.25) is 0 Å². The van der Waals surface area contributed by atoms with Crippen molar-refractivity contribution in [1.29, 1.82) is 0 Å². The highest BCUT2D eigenvalue weighted by Crippen LogP contribution is 2.43. The molecule has 0 atom stereocenters. The normalized spacial score (nSPS) is 14.7. The molecule has 0 amide bonds. The number of anilines is 4. The Morgan fingerprint density at radius 3 is 1.88 bits per heavy atom. The molecule has 66 heavy (non-hydrogen) atoms. The number of fused-ring (bicyclic) bond motifs is 1. The van der Waals surface area contributed by atoms with Gasteiger partial charge in [0.2, 0.25) is 0 Å². The molecule has 0 saturated heterocycles. The van der Waals surface area contributed by atoms with Crippen molar-refractivity contribution in [2.24, 2.45) is 0 Å². The summed E-state index contributed by atoms with van der Waals surface area (Å²) in [4.78, 5) is 5.03. The lowest BCUT2D eigenvalue weighted by atomic mass is 9.88. The van der Waals surface area contributed by atoms with Gasteiger partial charge < -0.3 is 15.4 Å². The summed E-state index contributed by atoms with van der Waals surface area (Å²) in [6, 6.07) is 38.6. The van der Waals surface area contributed by atoms with Gasteiger partial charge in [-0.3, -0.25) is 4.57 Å². The van der Waals surface area contributed by atoms with Gasteiger partial charge in [-0.15, -0.1) is 0 Å². The molecule has 2 N–H and O–H groups in total. The minimum atomic E-state index is -0.561. The molecule has 0 spiro atoms. The van der Waals surface area contributed by atoms with E-state index in [2.05, 4.69) is 96.6 Å². The lowest BCUT2D eigenvalue weighted by Crippen LogP contribution is -2.12. The molecule has 14 rings (SSSR count). The number of rotatable bonds is 9. The van der Waals surface area contributed by atoms with Crippen LogP contribution in [0.15, 0.2) is 200 Å². The van der Waals surface area contributed by atoms with Crippen molar-refractivity contribution in [2.45, 2.75) is 51.9 Å². The lowest BCUT2D eigenvalue weighted by molar-refractivity contribution is 0.483. The predicted octanol–water partition coefficient (Wildman–Crippen LogP) is 16.0. The molecule has 0 saturated carbocycles. The van der Waals surface area contributed by atoms with E-state index < -0.39 is 60.4 Å². The van der Waals surface area contributed by atoms with Crippen molar-refractivity contribution in [3.63, 3.8) is 0 Å². The van der Waals surface area contributed by atoms with Crippen molar-refractivity contribution in [3.8, 4) is 39.6 Å². The molecule has 10 aromatic rings. The van der Waals surface area contributed by atoms with Crippen LogP contribution in [0.3, 0.4) is 0 Å². The predicted molar refractivity (Wildman–Crippen MR) is 275 cm³/mol. The topological polar surface area (TPSA) is 51.1 Å². The zero-order chi connectivity index (χ0) is 53.3. The summed E-state index contributed by atoms with van der Waals surface area (Å²) in [6.07, 6.45) is 5.47. The van der Waals surface area contributed by atoms with Gasteiger partial charge in [0.15, 0.2) is 0 Å². The third-order valence-corrected chi connectivity index (χ3v) is 12.4. The van der Waals surface area contributed by atoms with Crippen molar-refractivity contribution in [1.82, 2.24) is 9.55 Å². The first-order valence-corrected chi connectivity index (χ1v) is 22.3. The second kappa shape index (κ2) is 17.2. The molecule has 322 valence electrons. The Kier molecular flexibility index (Phi) is 8.12. The van der Waals surface area contributed by atoms with Crippen molar-refractivity contribution in [3.05, 3.63) is 228 Å². The summed E-state index contributed by atoms with van der Waals surface area (Å²) < 4.78 is 95.3. The fraction of sp³-hybridized carbons (Fsp3) is 0.131. The second-order valence-electron chi connectivity index (χ2n) is 17.7. The summed E-state index contributed by atoms with van der Waals surface area (Å²) in [5, 5.41) is 9.27. The van der Waals surface area contributed by atoms with E-state index in [1.807, 2.05) is 48.7 Å². The molecule has 0 aliphatic heterocycles. The molecule has 4 aliphatic carbocycles. The van der Waals surface area contributed by atoms with Gasteiger partial charge in [-0.25, -0.2) is 4.98 Å². The van der Waals surface area contributed by atoms with Crippen LogP contribution in [-0.4, -0.2) is 9.55 Å². The Hall–Kier alpha value is -7.89. The van der Waals surface area contributed by atoms with E-state index in [0.717, 1.165) is 47.9 Å². The van der Waals surface area contributed by atoms with E-state index in [9.17, 15) is 0 Å². The molecule has 0 radical (unpaired) electrons. The number of nitrogens with zero attached hydrogens (tertiary/aromatic N) is 2. The molecular weight excluding hydrogens is 805 g/mol. The third-order valence-electron chi connectivity index (χ3n) is 12.4. The van der Waals surface area contributed by atoms with Gasteiger partial charge in [-0.1, -0.05) is 154 Å². The number of ether oxygens (including phenoxy) is 1. The molecule has 0 unspecified atom stereocenters. The Bertz CT molecular complexity index is 3830. The summed E-state index contributed by atoms with van der Waals surface area (Å²) in [5.41, 5.74) is 10.3. The number of benzene rings is 8. The van der Waals surface area contributed by atoms with Gasteiger partial charge in [0.25, 0.3) is 0 Å². The van der Waals surface area contributed by atoms with Crippen LogP contribution in [0.4, 0.5) is 22.7 Å². The Morgan fingerprint density at radius 2 is 1.20 bits per heavy atom. The van der Waals surface area contributed by atoms with E-state index in [-0.39, 0.29) is 33.4 Å². The molecule has 2 heterocycles. The number of pyridine rings is 1. The van der Waals surface area contributed by atoms with Crippen LogP contribution >= 0.6 is 0 Å². The number of hydrogen-bond donors (Lipinski definition) is 2. The summed E-state index contributed by atoms with van der Waals surface area (Å²) >= 11 is 0. The maximum Gasteiger partial charge on any atom is 0.137 e. The van der Waals surface area contributed by atoms with Gasteiger partial charge in [-0.2, -0.15) is 0 Å². The molecule has 4 bridgehead atoms. The van der Waals surface area contributed by atoms with Crippen LogP contribution in [0.5, 0.6) is 11.5 Å². The van der Waals surface area contributed by atoms with E-state index >= 15 is 0 Å². The number of para-hydroxylation sites is 3. The molecule has 2 aromatic heterocycles. The fourth-order valence-corrected chi connectivity index (χ4v) is 9.05. The average Bonchev–Trinajstić information content (AvgIpc) is 3.79. The van der Waals surface area contributed by atoms with Gasteiger partial charge in [0, 0.05) is 45.9 Å². The highest BCUT2D eigenvalue weighted by molar-refractivity contribution is 6.12. The highest BCUT2D eigenvalue weighted by Gasteiger charge is 2.23. The molecule has 0 fully saturated rings. The molecule has 8 aromatic carbocycles. The third kappa shape index (κ3) is 8.09. The summed E-state index contributed by atoms with van der Waals surface area (Å²) in [6.45, 7) is 6.64. The standard InChI is InChI=1S/C61H52N4O/c1-61(2,3)47-36-37-62-57(38-47)65-56-40-50(34-35-53(56)58-45-30-28-41-24-26-42(27-25-41)29-31-46(33-32-45)60(58)65)66-49-19-12-18-48(39-49)63-54-22-10-11-23-55(54)64-59-51(43-14-6-4-7-15-43)20-13-21-52(59)44-16-8-5-9-17-44/h4-27,32-40,63-64H,28-31H2,1-3H3/i4D,5D,6D,7D,8D,9D,14D,15D,16D,17D. The van der Waals surface area contributed by atoms with Gasteiger partial charge in [0.1, 0.15) is 17.3 Å². The van der Waals surface area contributed by atoms with Crippen molar-refractivity contribution < 1.29 is 18.4 Å². The first kappa shape index (κ1) is 31.1. The number of aryl methyl sites for hydroxylation is 4. The zero-order valence-corrected chi connectivity index (χ0v) is 36.9. The number of aromatic nitrogens is 2. The van der Waals surface area contributed by atoms with Crippen LogP contribution in [0, 0.1) is 0 Å². The Labute approximate surface area is 401 Å². The molecule has 5 nitrogen and oxygen atoms in total. The first-order chi connectivity index (χ1) is 36.5. The fourth-order valence-electron chi connectivity index (χ4n) is 9.05. The largest absolute Gasteiger partial charge is 0.457 e. The minimum absolute atomic E-state index is 0.104. The quantitative estimate of drug-likeness (QED) is 0.152. The summed E-state index contributed by atoms with van der Waals surface area (Å²) in [7, 11) is 0. The van der Waals surface area contributed by atoms with Gasteiger partial charge in [0.05, 0.1) is 41.8 Å². The maximum atomic E-state index is 8.92. The van der Waals surface area contributed by atoms with Gasteiger partial charge >= 0.3 is 0 Å². The van der Waals surface area contributed by atoms with E-state index in [1.165, 1.54) is 33.2 Å². The van der Waals surface area contributed by atoms with E-state index in [4.69, 9.17) is 23.4 Å². The van der Waals surface area contributed by atoms with Gasteiger partial charge in [-0.05, 0) is 119 Å². The average molecular weight is 867 g/mol. The van der Waals surface area contributed by atoms with Crippen LogP contribution in [0.1, 0.15) is 62.3 Å². The first-order valence-electron chi connectivity index (χ1n) is 27.3. The highest BCUT2D eigenvalue weighted by atomic mass is 16.5. The molecule has 5 heteroatoms. The lowest BCUT2D eigenvalue weighted by Gasteiger charge is -2.20. The van der Waals surface area contributed by atoms with E-state index in [0.29, 0.717) is 28.6 Å². The Morgan fingerprint density at radius 1 is 0.576 bits per heavy atom. The van der Waals surface area contributed by atoms with E-state index in [1.54, 1.807) is 30.3 Å². The monoisotopic (exact) mass is 866 g/mol. The Balaban J connectivity index is 0.986. The molecular formula is C61H52N4O. The maximum absolute atomic E-state index is 8.92. The minimum Gasteiger partial charge on any atom is -0.457 e. The van der Waals surface area contributed by atoms with Crippen LogP contribution < -0.4 is 15.4 Å². The van der Waals surface area contributed by atoms with Crippen LogP contribution in [0.25, 0.3) is 49.9 Å². The zero-order valence-electron chi connectivity index (χ0n) is 46.9. The van der Waals surface area contributed by atoms with Crippen molar-refractivity contribution >= 4 is 44.6 Å². The SMILES string of the molecule is [2H]c1c([2H])c([2H])c(-c2cccc(-c3c([2H])c([2H])c([2H])c([2H])c3[2H])c2Nc2ccccc2Nc2cccc(Oc3ccc4c5c6ccc(c5n(-c5cc(C(C)(C)C)ccn5)c4c3)CCc3ccc(cc3)CC6)c2)c([2H])c1[2H]. The number of hydrogen-bond acceptors (Lipinski definition) is 4. The smallest absolute Gasteiger partial charge is 0.137 e. The van der Waals surface area contributed by atoms with Crippen LogP contribution in [-0.2, 0) is 31.1 Å². The number of nitrogens with one attached hydrogen (secondary N) is 2. The second-order valence-corrected chi connectivity index (χ2v) is 17.7. The summed E-state index contributed by atoms with van der Waals surface area (Å²) in [5.74, 6) is 2.03. The molecule has 4 aliphatic rings.